The van der Waals surface area contributed by atoms with E-state index in [-0.39, 0.29) is 17.5 Å². The molecule has 0 spiro atoms. The summed E-state index contributed by atoms with van der Waals surface area (Å²) >= 11 is 0. The molecule has 0 aromatic heterocycles. The third-order valence-electron chi connectivity index (χ3n) is 3.84. The Morgan fingerprint density at radius 3 is 2.55 bits per heavy atom. The van der Waals surface area contributed by atoms with Crippen LogP contribution in [0.1, 0.15) is 45.2 Å². The van der Waals surface area contributed by atoms with E-state index >= 15 is 0 Å². The van der Waals surface area contributed by atoms with Crippen molar-refractivity contribution >= 4 is 5.91 Å². The summed E-state index contributed by atoms with van der Waals surface area (Å²) in [5.41, 5.74) is 2.50. The predicted molar refractivity (Wildman–Crippen MR) is 84.9 cm³/mol. The van der Waals surface area contributed by atoms with Gasteiger partial charge in [0.15, 0.2) is 0 Å². The van der Waals surface area contributed by atoms with E-state index in [1.807, 2.05) is 20.8 Å². The molecule has 1 aromatic carbocycles. The van der Waals surface area contributed by atoms with Crippen LogP contribution in [0, 0.1) is 6.92 Å². The maximum Gasteiger partial charge on any atom is 0.237 e. The van der Waals surface area contributed by atoms with Crippen molar-refractivity contribution < 1.29 is 4.79 Å². The maximum atomic E-state index is 12.1. The number of carbonyl (C=O) groups excluding carboxylic acids is 1. The van der Waals surface area contributed by atoms with Crippen LogP contribution in [0.2, 0.25) is 0 Å². The zero-order chi connectivity index (χ0) is 15.2. The molecule has 1 aromatic rings. The largest absolute Gasteiger partial charge is 0.350 e. The zero-order valence-corrected chi connectivity index (χ0v) is 13.4. The quantitative estimate of drug-likeness (QED) is 0.804. The minimum Gasteiger partial charge on any atom is -0.350 e. The van der Waals surface area contributed by atoms with Gasteiger partial charge in [-0.15, -0.1) is 0 Å². The molecule has 0 fully saturated rings. The summed E-state index contributed by atoms with van der Waals surface area (Å²) in [4.78, 5) is 12.1. The van der Waals surface area contributed by atoms with Gasteiger partial charge in [-0.2, -0.15) is 0 Å². The van der Waals surface area contributed by atoms with Gasteiger partial charge in [0.25, 0.3) is 0 Å². The highest BCUT2D eigenvalue weighted by molar-refractivity contribution is 5.81. The minimum atomic E-state index is -0.162. The molecule has 2 N–H and O–H groups in total. The summed E-state index contributed by atoms with van der Waals surface area (Å²) in [6.45, 7) is 11.0. The Hall–Kier alpha value is -1.35. The molecule has 112 valence electrons. The first-order valence-corrected chi connectivity index (χ1v) is 7.45. The van der Waals surface area contributed by atoms with E-state index in [4.69, 9.17) is 0 Å². The Bertz CT molecular complexity index is 440. The van der Waals surface area contributed by atoms with Crippen molar-refractivity contribution in [3.05, 3.63) is 35.4 Å². The summed E-state index contributed by atoms with van der Waals surface area (Å²) in [5, 5.41) is 6.36. The van der Waals surface area contributed by atoms with Gasteiger partial charge in [-0.05, 0) is 58.2 Å². The fourth-order valence-electron chi connectivity index (χ4n) is 1.94. The third-order valence-corrected chi connectivity index (χ3v) is 3.84. The van der Waals surface area contributed by atoms with Crippen LogP contribution in [0.4, 0.5) is 0 Å². The van der Waals surface area contributed by atoms with Gasteiger partial charge in [0.1, 0.15) is 0 Å². The van der Waals surface area contributed by atoms with Crippen molar-refractivity contribution in [2.45, 2.75) is 59.0 Å². The summed E-state index contributed by atoms with van der Waals surface area (Å²) in [5.74, 6) is 0.0710. The van der Waals surface area contributed by atoms with Crippen LogP contribution in [-0.4, -0.2) is 24.0 Å². The van der Waals surface area contributed by atoms with Crippen molar-refractivity contribution in [2.24, 2.45) is 0 Å². The van der Waals surface area contributed by atoms with E-state index in [0.717, 1.165) is 19.4 Å². The lowest BCUT2D eigenvalue weighted by molar-refractivity contribution is -0.124. The number of benzene rings is 1. The molecule has 1 rings (SSSR count). The number of nitrogens with one attached hydrogen (secondary N) is 2. The summed E-state index contributed by atoms with van der Waals surface area (Å²) in [6.07, 6.45) is 1.87. The smallest absolute Gasteiger partial charge is 0.237 e. The lowest BCUT2D eigenvalue weighted by Gasteiger charge is -2.26. The SMILES string of the molecule is CCC(C)(C)NC(=O)C(C)NCCc1ccccc1C. The molecule has 0 aliphatic rings. The molecule has 3 heteroatoms. The monoisotopic (exact) mass is 276 g/mol. The molecule has 0 radical (unpaired) electrons. The van der Waals surface area contributed by atoms with Gasteiger partial charge in [0, 0.05) is 5.54 Å². The first-order chi connectivity index (χ1) is 9.35. The number of aryl methyl sites for hydroxylation is 1. The first-order valence-electron chi connectivity index (χ1n) is 7.45. The summed E-state index contributed by atoms with van der Waals surface area (Å²) in [7, 11) is 0. The summed E-state index contributed by atoms with van der Waals surface area (Å²) < 4.78 is 0. The fourth-order valence-corrected chi connectivity index (χ4v) is 1.94. The molecular weight excluding hydrogens is 248 g/mol. The highest BCUT2D eigenvalue weighted by Gasteiger charge is 2.21. The van der Waals surface area contributed by atoms with Crippen LogP contribution < -0.4 is 10.6 Å². The van der Waals surface area contributed by atoms with E-state index in [2.05, 4.69) is 48.7 Å². The molecule has 0 aliphatic carbocycles. The molecule has 0 aliphatic heterocycles. The molecule has 0 saturated carbocycles. The van der Waals surface area contributed by atoms with Crippen LogP contribution >= 0.6 is 0 Å². The number of hydrogen-bond acceptors (Lipinski definition) is 2. The molecule has 1 unspecified atom stereocenters. The van der Waals surface area contributed by atoms with Crippen LogP contribution in [0.3, 0.4) is 0 Å². The Labute approximate surface area is 123 Å². The number of rotatable bonds is 7. The average Bonchev–Trinajstić information content (AvgIpc) is 2.40. The Kier molecular flexibility index (Phi) is 6.21. The maximum absolute atomic E-state index is 12.1. The van der Waals surface area contributed by atoms with Crippen molar-refractivity contribution in [2.75, 3.05) is 6.54 Å². The van der Waals surface area contributed by atoms with Crippen LogP contribution in [0.25, 0.3) is 0 Å². The molecule has 20 heavy (non-hydrogen) atoms. The first kappa shape index (κ1) is 16.7. The van der Waals surface area contributed by atoms with Crippen LogP contribution in [-0.2, 0) is 11.2 Å². The van der Waals surface area contributed by atoms with E-state index in [1.54, 1.807) is 0 Å². The summed E-state index contributed by atoms with van der Waals surface area (Å²) in [6, 6.07) is 8.21. The second-order valence-corrected chi connectivity index (χ2v) is 6.08. The van der Waals surface area contributed by atoms with Crippen LogP contribution in [0.5, 0.6) is 0 Å². The van der Waals surface area contributed by atoms with Crippen molar-refractivity contribution in [3.63, 3.8) is 0 Å². The van der Waals surface area contributed by atoms with E-state index < -0.39 is 0 Å². The minimum absolute atomic E-state index is 0.0710. The second kappa shape index (κ2) is 7.44. The van der Waals surface area contributed by atoms with Gasteiger partial charge in [0.05, 0.1) is 6.04 Å². The molecule has 3 nitrogen and oxygen atoms in total. The van der Waals surface area contributed by atoms with E-state index in [0.29, 0.717) is 0 Å². The van der Waals surface area contributed by atoms with Gasteiger partial charge >= 0.3 is 0 Å². The molecule has 1 amide bonds. The molecule has 0 heterocycles. The standard InChI is InChI=1S/C17H28N2O/c1-6-17(4,5)19-16(20)14(3)18-12-11-15-10-8-7-9-13(15)2/h7-10,14,18H,6,11-12H2,1-5H3,(H,19,20). The molecule has 0 saturated heterocycles. The number of hydrogen-bond donors (Lipinski definition) is 2. The Morgan fingerprint density at radius 1 is 1.30 bits per heavy atom. The molecule has 1 atom stereocenters. The van der Waals surface area contributed by atoms with Gasteiger partial charge in [-0.25, -0.2) is 0 Å². The third kappa shape index (κ3) is 5.33. The average molecular weight is 276 g/mol. The van der Waals surface area contributed by atoms with Gasteiger partial charge in [-0.3, -0.25) is 4.79 Å². The normalized spacial score (nSPS) is 13.1. The zero-order valence-electron chi connectivity index (χ0n) is 13.4. The second-order valence-electron chi connectivity index (χ2n) is 6.08. The van der Waals surface area contributed by atoms with Crippen molar-refractivity contribution in [3.8, 4) is 0 Å². The Balaban J connectivity index is 2.38. The highest BCUT2D eigenvalue weighted by atomic mass is 16.2. The van der Waals surface area contributed by atoms with Gasteiger partial charge in [-0.1, -0.05) is 31.2 Å². The lowest BCUT2D eigenvalue weighted by Crippen LogP contribution is -2.50. The fraction of sp³-hybridized carbons (Fsp3) is 0.588. The predicted octanol–water partition coefficient (Wildman–Crippen LogP) is 2.82. The van der Waals surface area contributed by atoms with Crippen molar-refractivity contribution in [1.29, 1.82) is 0 Å². The molecule has 0 bridgehead atoms. The van der Waals surface area contributed by atoms with Gasteiger partial charge in [0.2, 0.25) is 5.91 Å². The lowest BCUT2D eigenvalue weighted by atomic mass is 10.0. The van der Waals surface area contributed by atoms with Gasteiger partial charge < -0.3 is 10.6 Å². The molecular formula is C17H28N2O. The number of carbonyl (C=O) groups is 1. The Morgan fingerprint density at radius 2 is 1.95 bits per heavy atom. The highest BCUT2D eigenvalue weighted by Crippen LogP contribution is 2.08. The van der Waals surface area contributed by atoms with E-state index in [9.17, 15) is 4.79 Å². The van der Waals surface area contributed by atoms with E-state index in [1.165, 1.54) is 11.1 Å². The topological polar surface area (TPSA) is 41.1 Å². The van der Waals surface area contributed by atoms with Crippen molar-refractivity contribution in [1.82, 2.24) is 10.6 Å². The van der Waals surface area contributed by atoms with Crippen LogP contribution in [0.15, 0.2) is 24.3 Å². The number of amides is 1.